The van der Waals surface area contributed by atoms with Crippen LogP contribution in [0, 0.1) is 28.6 Å². The van der Waals surface area contributed by atoms with Crippen LogP contribution < -0.4 is 0 Å². The van der Waals surface area contributed by atoms with Crippen molar-refractivity contribution >= 4 is 101 Å². The van der Waals surface area contributed by atoms with E-state index in [4.69, 9.17) is 81.3 Å². The predicted octanol–water partition coefficient (Wildman–Crippen LogP) is 4.38. The topological polar surface area (TPSA) is 489 Å². The highest BCUT2D eigenvalue weighted by molar-refractivity contribution is 6.04. The van der Waals surface area contributed by atoms with Crippen molar-refractivity contribution in [2.75, 3.05) is 106 Å². The molecule has 0 aliphatic rings. The van der Waals surface area contributed by atoms with Gasteiger partial charge in [0.05, 0.1) is 46.3 Å². The number of carboxylic acids is 3. The molecule has 0 unspecified atom stereocenters. The second-order valence-electron chi connectivity index (χ2n) is 22.0. The maximum absolute atomic E-state index is 12.7. The van der Waals surface area contributed by atoms with E-state index in [0.717, 1.165) is 85.0 Å². The molecule has 3 N–H and O–H groups in total. The van der Waals surface area contributed by atoms with Crippen LogP contribution in [-0.4, -0.2) is 223 Å². The first-order valence-corrected chi connectivity index (χ1v) is 30.7. The van der Waals surface area contributed by atoms with Crippen molar-refractivity contribution in [3.63, 3.8) is 0 Å². The molecule has 0 aromatic heterocycles. The van der Waals surface area contributed by atoms with Crippen molar-refractivity contribution in [2.45, 2.75) is 13.3 Å². The zero-order valence-electron chi connectivity index (χ0n) is 58.6. The molecule has 0 atom stereocenters. The molecule has 2 rings (SSSR count). The van der Waals surface area contributed by atoms with Gasteiger partial charge in [-0.05, 0) is 36.8 Å². The van der Waals surface area contributed by atoms with Crippen molar-refractivity contribution in [2.24, 2.45) is 21.7 Å². The van der Waals surface area contributed by atoms with Crippen LogP contribution in [0.3, 0.4) is 0 Å². The Balaban J connectivity index is 0.00000162. The first-order chi connectivity index (χ1) is 51.0. The highest BCUT2D eigenvalue weighted by Gasteiger charge is 2.43. The molecule has 0 radical (unpaired) electrons. The van der Waals surface area contributed by atoms with E-state index in [2.05, 4.69) is 72.4 Å². The minimum atomic E-state index is -1.65. The third-order valence-electron chi connectivity index (χ3n) is 13.3. The Morgan fingerprint density at radius 1 is 0.296 bits per heavy atom. The van der Waals surface area contributed by atoms with Gasteiger partial charge in [0.1, 0.15) is 110 Å². The second kappa shape index (κ2) is 50.0. The number of ether oxygens (including phenoxy) is 15. The molecule has 0 saturated carbocycles. The van der Waals surface area contributed by atoms with Gasteiger partial charge in [-0.2, -0.15) is 0 Å². The molecule has 0 fully saturated rings. The van der Waals surface area contributed by atoms with Gasteiger partial charge in [-0.15, -0.1) is 0 Å². The van der Waals surface area contributed by atoms with Crippen LogP contribution in [0.2, 0.25) is 0 Å². The van der Waals surface area contributed by atoms with Crippen LogP contribution in [0.15, 0.2) is 182 Å². The van der Waals surface area contributed by atoms with E-state index < -0.39 is 220 Å². The van der Waals surface area contributed by atoms with E-state index in [1.54, 1.807) is 31.2 Å². The van der Waals surface area contributed by atoms with Crippen molar-refractivity contribution in [3.05, 3.63) is 209 Å². The zero-order valence-corrected chi connectivity index (χ0v) is 58.6. The van der Waals surface area contributed by atoms with Crippen molar-refractivity contribution in [1.82, 2.24) is 0 Å². The first kappa shape index (κ1) is 94.5. The number of carbonyl (C=O) groups excluding carboxylic acids is 14. The Hall–Kier alpha value is -13.5. The maximum Gasteiger partial charge on any atom is 0.339 e. The van der Waals surface area contributed by atoms with Gasteiger partial charge >= 0.3 is 101 Å². The molecule has 0 saturated heterocycles. The Morgan fingerprint density at radius 2 is 0.537 bits per heavy atom. The minimum absolute atomic E-state index is 0.334. The monoisotopic (exact) mass is 1520 g/mol. The summed E-state index contributed by atoms with van der Waals surface area (Å²) >= 11 is 0. The minimum Gasteiger partial charge on any atom is -0.481 e. The lowest BCUT2D eigenvalue weighted by atomic mass is 9.90. The summed E-state index contributed by atoms with van der Waals surface area (Å²) in [7, 11) is 0. The SMILES string of the molecule is C=CC(=O)OCC(COC(=O)C=C)(COC(=O)C=C)COC(=O)c1ccc(C(=O)O)cc1C(=O)O.C=CC(=O)OCC(COC(=O)C=C)(COC(=O)C=C)COC(=O)c1ccccc1C.C=CC(=O)OCC(COCC(COC(=O)C=C)(COC(=O)C=C)COC(=O)CC(=O)O)(COC(=O)C=C)COC(=O)C=C. The average Bonchev–Trinajstić information content (AvgIpc) is 0.831. The molecule has 0 heterocycles. The summed E-state index contributed by atoms with van der Waals surface area (Å²) in [4.78, 5) is 199. The molecule has 2 aromatic carbocycles. The van der Waals surface area contributed by atoms with Crippen molar-refractivity contribution in [1.29, 1.82) is 0 Å². The average molecular weight is 1520 g/mol. The van der Waals surface area contributed by atoms with Crippen LogP contribution in [0.25, 0.3) is 0 Å². The summed E-state index contributed by atoms with van der Waals surface area (Å²) in [5.41, 5.74) is -6.67. The normalized spacial score (nSPS) is 10.4. The van der Waals surface area contributed by atoms with Crippen LogP contribution in [0.1, 0.15) is 53.4 Å². The predicted molar refractivity (Wildman–Crippen MR) is 369 cm³/mol. The van der Waals surface area contributed by atoms with Crippen molar-refractivity contribution in [3.8, 4) is 0 Å². The smallest absolute Gasteiger partial charge is 0.339 e. The van der Waals surface area contributed by atoms with Crippen LogP contribution >= 0.6 is 0 Å². The Bertz CT molecular complexity index is 3510. The van der Waals surface area contributed by atoms with E-state index in [1.807, 2.05) is 0 Å². The van der Waals surface area contributed by atoms with Gasteiger partial charge in [0.15, 0.2) is 0 Å². The van der Waals surface area contributed by atoms with Gasteiger partial charge in [0, 0.05) is 66.8 Å². The Morgan fingerprint density at radius 3 is 0.778 bits per heavy atom. The van der Waals surface area contributed by atoms with Crippen LogP contribution in [0.5, 0.6) is 0 Å². The molecular formula is C73H80O35. The first-order valence-electron chi connectivity index (χ1n) is 30.7. The van der Waals surface area contributed by atoms with Crippen LogP contribution in [-0.2, 0) is 133 Å². The highest BCUT2D eigenvalue weighted by atomic mass is 16.6. The van der Waals surface area contributed by atoms with Gasteiger partial charge in [0.25, 0.3) is 0 Å². The largest absolute Gasteiger partial charge is 0.481 e. The molecule has 582 valence electrons. The molecule has 0 bridgehead atoms. The number of rotatable bonds is 49. The van der Waals surface area contributed by atoms with Gasteiger partial charge in [-0.25, -0.2) is 71.9 Å². The Labute approximate surface area is 617 Å². The number of hydrogen-bond acceptors (Lipinski definition) is 32. The van der Waals surface area contributed by atoms with Gasteiger partial charge < -0.3 is 86.4 Å². The molecule has 0 spiro atoms. The van der Waals surface area contributed by atoms with Gasteiger partial charge in [0.2, 0.25) is 0 Å². The zero-order chi connectivity index (χ0) is 82.1. The summed E-state index contributed by atoms with van der Waals surface area (Å²) < 4.78 is 77.1. The number of carbonyl (C=O) groups is 17. The van der Waals surface area contributed by atoms with Gasteiger partial charge in [-0.3, -0.25) is 9.59 Å². The number of aromatic carboxylic acids is 2. The lowest BCUT2D eigenvalue weighted by Crippen LogP contribution is -2.47. The van der Waals surface area contributed by atoms with E-state index in [1.165, 1.54) is 0 Å². The molecule has 0 aliphatic heterocycles. The fraction of sp³-hybridized carbons (Fsp3) is 0.301. The second-order valence-corrected chi connectivity index (χ2v) is 22.0. The number of aliphatic carboxylic acids is 1. The molecule has 108 heavy (non-hydrogen) atoms. The molecule has 0 aliphatic carbocycles. The standard InChI is InChI=1S/C28H34O15.C23H22O12.C22H24O8/c1-6-21(31)38-14-27(15-39-22(32)7-2,16-40-23(33)8-3)12-37-13-28(17-41-24(34)9-4,18-42-25(35)10-5)19-43-26(36)11-20(29)30;1-4-17(24)32-10-23(11-33-18(25)5-2,12-34-19(26)6-3)13-35-22(31)15-8-7-14(20(27)28)9-16(15)21(29)30;1-5-18(23)27-12-22(13-28-19(24)6-2,14-29-20(25)7-3)15-30-21(26)17-11-9-8-10-16(17)4/h6-10H,1-5,11-19H2,(H,29,30);4-9H,1-3,10-13H2,(H,27,28)(H,29,30);5-11H,1-3,12-15H2,4H3. The van der Waals surface area contributed by atoms with E-state index in [0.29, 0.717) is 11.1 Å². The maximum atomic E-state index is 12.7. The Kier molecular flexibility index (Phi) is 43.8. The fourth-order valence-corrected chi connectivity index (χ4v) is 7.43. The third-order valence-corrected chi connectivity index (χ3v) is 13.3. The van der Waals surface area contributed by atoms with Crippen molar-refractivity contribution < 1.29 is 168 Å². The van der Waals surface area contributed by atoms with Crippen LogP contribution in [0.4, 0.5) is 0 Å². The van der Waals surface area contributed by atoms with E-state index in [9.17, 15) is 86.6 Å². The molecule has 0 amide bonds. The summed E-state index contributed by atoms with van der Waals surface area (Å²) in [6.45, 7) is 29.3. The number of aryl methyl sites for hydroxylation is 1. The number of benzene rings is 2. The lowest BCUT2D eigenvalue weighted by molar-refractivity contribution is -0.172. The quantitative estimate of drug-likeness (QED) is 0.0358. The highest BCUT2D eigenvalue weighted by Crippen LogP contribution is 2.28. The summed E-state index contributed by atoms with van der Waals surface area (Å²) in [6.07, 6.45) is 8.57. The molecular weight excluding hydrogens is 1440 g/mol. The lowest BCUT2D eigenvalue weighted by Gasteiger charge is -2.35. The summed E-state index contributed by atoms with van der Waals surface area (Å²) in [5.74, 6) is -16.8. The summed E-state index contributed by atoms with van der Waals surface area (Å²) in [5, 5.41) is 27.3. The number of carboxylic acid groups (broad SMARTS) is 3. The number of hydrogen-bond donors (Lipinski definition) is 3. The van der Waals surface area contributed by atoms with Gasteiger partial charge in [-0.1, -0.05) is 90.6 Å². The molecule has 35 heteroatoms. The number of esters is 14. The fourth-order valence-electron chi connectivity index (χ4n) is 7.43. The molecule has 2 aromatic rings. The van der Waals surface area contributed by atoms with E-state index in [-0.39, 0.29) is 32.0 Å². The third kappa shape index (κ3) is 37.1. The molecule has 35 nitrogen and oxygen atoms in total. The summed E-state index contributed by atoms with van der Waals surface area (Å²) in [6, 6.07) is 9.51. The van der Waals surface area contributed by atoms with E-state index >= 15 is 0 Å².